The van der Waals surface area contributed by atoms with E-state index in [1.54, 1.807) is 0 Å². The summed E-state index contributed by atoms with van der Waals surface area (Å²) in [5.74, 6) is 1.33. The van der Waals surface area contributed by atoms with Gasteiger partial charge < -0.3 is 11.1 Å². The highest BCUT2D eigenvalue weighted by atomic mass is 16.1. The molecule has 1 unspecified atom stereocenters. The second-order valence-corrected chi connectivity index (χ2v) is 6.31. The predicted octanol–water partition coefficient (Wildman–Crippen LogP) is 2.59. The minimum Gasteiger partial charge on any atom is -0.353 e. The molecule has 2 aliphatic rings. The fraction of sp³-hybridized carbons (Fsp3) is 0.933. The summed E-state index contributed by atoms with van der Waals surface area (Å²) in [5.41, 5.74) is 6.02. The molecule has 3 N–H and O–H groups in total. The third kappa shape index (κ3) is 3.71. The van der Waals surface area contributed by atoms with Gasteiger partial charge in [0, 0.05) is 18.5 Å². The van der Waals surface area contributed by atoms with Crippen LogP contribution in [0.25, 0.3) is 0 Å². The summed E-state index contributed by atoms with van der Waals surface area (Å²) in [5, 5.41) is 3.20. The second kappa shape index (κ2) is 6.55. The Bertz CT molecular complexity index is 274. The average Bonchev–Trinajstić information content (AvgIpc) is 2.76. The van der Waals surface area contributed by atoms with Crippen LogP contribution < -0.4 is 11.1 Å². The lowest BCUT2D eigenvalue weighted by atomic mass is 9.84. The van der Waals surface area contributed by atoms with Gasteiger partial charge in [0.05, 0.1) is 0 Å². The van der Waals surface area contributed by atoms with E-state index in [9.17, 15) is 4.79 Å². The van der Waals surface area contributed by atoms with Crippen molar-refractivity contribution in [1.29, 1.82) is 0 Å². The normalized spacial score (nSPS) is 31.2. The van der Waals surface area contributed by atoms with E-state index in [1.165, 1.54) is 38.5 Å². The highest BCUT2D eigenvalue weighted by Crippen LogP contribution is 2.28. The van der Waals surface area contributed by atoms with Crippen LogP contribution in [-0.4, -0.2) is 18.0 Å². The summed E-state index contributed by atoms with van der Waals surface area (Å²) in [6.45, 7) is 2.17. The molecule has 2 saturated carbocycles. The minimum absolute atomic E-state index is 0.218. The van der Waals surface area contributed by atoms with E-state index in [0.717, 1.165) is 12.8 Å². The zero-order chi connectivity index (χ0) is 13.0. The van der Waals surface area contributed by atoms with Gasteiger partial charge in [-0.2, -0.15) is 0 Å². The molecule has 3 nitrogen and oxygen atoms in total. The van der Waals surface area contributed by atoms with Gasteiger partial charge in [-0.25, -0.2) is 0 Å². The molecule has 2 aliphatic carbocycles. The summed E-state index contributed by atoms with van der Waals surface area (Å²) in [6.07, 6.45) is 10.7. The maximum Gasteiger partial charge on any atom is 0.220 e. The van der Waals surface area contributed by atoms with Crippen molar-refractivity contribution < 1.29 is 4.79 Å². The van der Waals surface area contributed by atoms with Crippen molar-refractivity contribution in [3.8, 4) is 0 Å². The third-order valence-electron chi connectivity index (χ3n) is 4.91. The Hall–Kier alpha value is -0.570. The Morgan fingerprint density at radius 2 is 1.89 bits per heavy atom. The molecule has 3 heteroatoms. The van der Waals surface area contributed by atoms with Crippen molar-refractivity contribution in [3.05, 3.63) is 0 Å². The molecule has 0 spiro atoms. The molecule has 0 saturated heterocycles. The van der Waals surface area contributed by atoms with Gasteiger partial charge in [0.15, 0.2) is 0 Å². The van der Waals surface area contributed by atoms with Crippen LogP contribution in [0.15, 0.2) is 0 Å². The maximum absolute atomic E-state index is 12.0. The van der Waals surface area contributed by atoms with Crippen LogP contribution in [0.1, 0.15) is 64.7 Å². The minimum atomic E-state index is 0.218. The molecule has 0 heterocycles. The molecule has 18 heavy (non-hydrogen) atoms. The van der Waals surface area contributed by atoms with Gasteiger partial charge in [-0.3, -0.25) is 4.79 Å². The Labute approximate surface area is 111 Å². The first kappa shape index (κ1) is 13.9. The van der Waals surface area contributed by atoms with Crippen LogP contribution in [-0.2, 0) is 4.79 Å². The molecule has 0 aromatic heterocycles. The van der Waals surface area contributed by atoms with E-state index in [0.29, 0.717) is 24.3 Å². The molecule has 3 atom stereocenters. The summed E-state index contributed by atoms with van der Waals surface area (Å²) < 4.78 is 0. The van der Waals surface area contributed by atoms with Gasteiger partial charge in [0.25, 0.3) is 0 Å². The fourth-order valence-corrected chi connectivity index (χ4v) is 3.62. The van der Waals surface area contributed by atoms with Crippen molar-refractivity contribution in [2.45, 2.75) is 76.8 Å². The molecule has 0 radical (unpaired) electrons. The Balaban J connectivity index is 1.72. The standard InChI is InChI=1S/C15H28N2O/c1-11(12-6-3-2-4-7-12)17-15(18)10-13-8-5-9-14(13)16/h11-14H,2-10,16H2,1H3,(H,17,18)/t11?,13-,14+/m0/s1. The molecule has 2 rings (SSSR count). The van der Waals surface area contributed by atoms with E-state index in [1.807, 2.05) is 0 Å². The molecule has 0 bridgehead atoms. The lowest BCUT2D eigenvalue weighted by Crippen LogP contribution is -2.40. The first-order valence-electron chi connectivity index (χ1n) is 7.71. The molecule has 0 aliphatic heterocycles. The van der Waals surface area contributed by atoms with Gasteiger partial charge in [-0.15, -0.1) is 0 Å². The topological polar surface area (TPSA) is 55.1 Å². The lowest BCUT2D eigenvalue weighted by molar-refractivity contribution is -0.123. The van der Waals surface area contributed by atoms with Crippen LogP contribution >= 0.6 is 0 Å². The van der Waals surface area contributed by atoms with Gasteiger partial charge >= 0.3 is 0 Å². The number of carbonyl (C=O) groups excluding carboxylic acids is 1. The largest absolute Gasteiger partial charge is 0.353 e. The number of hydrogen-bond acceptors (Lipinski definition) is 2. The van der Waals surface area contributed by atoms with Crippen LogP contribution in [0.5, 0.6) is 0 Å². The highest BCUT2D eigenvalue weighted by molar-refractivity contribution is 5.76. The second-order valence-electron chi connectivity index (χ2n) is 6.31. The van der Waals surface area contributed by atoms with E-state index < -0.39 is 0 Å². The van der Waals surface area contributed by atoms with Crippen LogP contribution in [0.3, 0.4) is 0 Å². The van der Waals surface area contributed by atoms with E-state index >= 15 is 0 Å². The third-order valence-corrected chi connectivity index (χ3v) is 4.91. The van der Waals surface area contributed by atoms with Gasteiger partial charge in [-0.05, 0) is 44.4 Å². The number of nitrogens with one attached hydrogen (secondary N) is 1. The smallest absolute Gasteiger partial charge is 0.220 e. The molecule has 2 fully saturated rings. The predicted molar refractivity (Wildman–Crippen MR) is 74.1 cm³/mol. The summed E-state index contributed by atoms with van der Waals surface area (Å²) in [6, 6.07) is 0.594. The van der Waals surface area contributed by atoms with Crippen LogP contribution in [0.4, 0.5) is 0 Å². The summed E-state index contributed by atoms with van der Waals surface area (Å²) in [7, 11) is 0. The van der Waals surface area contributed by atoms with Gasteiger partial charge in [0.1, 0.15) is 0 Å². The maximum atomic E-state index is 12.0. The number of hydrogen-bond donors (Lipinski definition) is 2. The number of carbonyl (C=O) groups is 1. The molecule has 1 amide bonds. The van der Waals surface area contributed by atoms with Crippen molar-refractivity contribution in [2.24, 2.45) is 17.6 Å². The molecule has 104 valence electrons. The van der Waals surface area contributed by atoms with Gasteiger partial charge in [-0.1, -0.05) is 25.7 Å². The summed E-state index contributed by atoms with van der Waals surface area (Å²) >= 11 is 0. The van der Waals surface area contributed by atoms with Crippen molar-refractivity contribution >= 4 is 5.91 Å². The number of rotatable bonds is 4. The van der Waals surface area contributed by atoms with E-state index in [4.69, 9.17) is 5.73 Å². The van der Waals surface area contributed by atoms with Crippen molar-refractivity contribution in [1.82, 2.24) is 5.32 Å². The zero-order valence-corrected chi connectivity index (χ0v) is 11.7. The van der Waals surface area contributed by atoms with Crippen molar-refractivity contribution in [2.75, 3.05) is 0 Å². The van der Waals surface area contributed by atoms with Gasteiger partial charge in [0.2, 0.25) is 5.91 Å². The average molecular weight is 252 g/mol. The number of amides is 1. The summed E-state index contributed by atoms with van der Waals surface area (Å²) in [4.78, 5) is 12.0. The van der Waals surface area contributed by atoms with E-state index in [-0.39, 0.29) is 11.9 Å². The van der Waals surface area contributed by atoms with Crippen LogP contribution in [0.2, 0.25) is 0 Å². The van der Waals surface area contributed by atoms with E-state index in [2.05, 4.69) is 12.2 Å². The highest BCUT2D eigenvalue weighted by Gasteiger charge is 2.27. The lowest BCUT2D eigenvalue weighted by Gasteiger charge is -2.28. The molecular formula is C15H28N2O. The monoisotopic (exact) mass is 252 g/mol. The quantitative estimate of drug-likeness (QED) is 0.808. The Morgan fingerprint density at radius 3 is 2.50 bits per heavy atom. The SMILES string of the molecule is CC(NC(=O)C[C@@H]1CCC[C@H]1N)C1CCCCC1. The number of nitrogens with two attached hydrogens (primary N) is 1. The van der Waals surface area contributed by atoms with Crippen LogP contribution in [0, 0.1) is 11.8 Å². The first-order valence-corrected chi connectivity index (χ1v) is 7.71. The Morgan fingerprint density at radius 1 is 1.17 bits per heavy atom. The first-order chi connectivity index (χ1) is 8.66. The fourth-order valence-electron chi connectivity index (χ4n) is 3.62. The Kier molecular flexibility index (Phi) is 5.04. The molecule has 0 aromatic carbocycles. The molecule has 0 aromatic rings. The zero-order valence-electron chi connectivity index (χ0n) is 11.7. The molecular weight excluding hydrogens is 224 g/mol. The van der Waals surface area contributed by atoms with Crippen molar-refractivity contribution in [3.63, 3.8) is 0 Å².